The first kappa shape index (κ1) is 13.7. The van der Waals surface area contributed by atoms with Crippen LogP contribution in [0, 0.1) is 0 Å². The van der Waals surface area contributed by atoms with Crippen LogP contribution < -0.4 is 4.74 Å². The van der Waals surface area contributed by atoms with Gasteiger partial charge in [0.1, 0.15) is 11.4 Å². The van der Waals surface area contributed by atoms with Crippen LogP contribution in [0.3, 0.4) is 0 Å². The first-order valence-corrected chi connectivity index (χ1v) is 6.74. The summed E-state index contributed by atoms with van der Waals surface area (Å²) < 4.78 is 5.16. The van der Waals surface area contributed by atoms with Gasteiger partial charge in [0.15, 0.2) is 10.9 Å². The van der Waals surface area contributed by atoms with Crippen molar-refractivity contribution in [2.24, 2.45) is 0 Å². The van der Waals surface area contributed by atoms with Crippen molar-refractivity contribution in [1.29, 1.82) is 0 Å². The predicted octanol–water partition coefficient (Wildman–Crippen LogP) is 4.60. The second-order valence-corrected chi connectivity index (χ2v) is 5.41. The van der Waals surface area contributed by atoms with Gasteiger partial charge in [0.2, 0.25) is 0 Å². The second-order valence-electron chi connectivity index (χ2n) is 3.18. The van der Waals surface area contributed by atoms with Gasteiger partial charge in [0.25, 0.3) is 0 Å². The lowest BCUT2D eigenvalue weighted by atomic mass is 10.4. The van der Waals surface area contributed by atoms with Crippen LogP contribution in [0.5, 0.6) is 5.75 Å². The zero-order valence-corrected chi connectivity index (χ0v) is 12.2. The van der Waals surface area contributed by atoms with Gasteiger partial charge >= 0.3 is 0 Å². The van der Waals surface area contributed by atoms with Crippen molar-refractivity contribution >= 4 is 46.6 Å². The number of rotatable bonds is 3. The molecule has 0 unspecified atom stereocenters. The van der Waals surface area contributed by atoms with Crippen molar-refractivity contribution in [3.05, 3.63) is 39.7 Å². The molecule has 0 aliphatic rings. The van der Waals surface area contributed by atoms with Crippen molar-refractivity contribution < 1.29 is 4.74 Å². The van der Waals surface area contributed by atoms with Crippen LogP contribution in [0.15, 0.2) is 34.4 Å². The molecule has 0 saturated carbocycles. The Morgan fingerprint density at radius 1 is 1.17 bits per heavy atom. The largest absolute Gasteiger partial charge is 0.491 e. The molecule has 0 fully saturated rings. The van der Waals surface area contributed by atoms with E-state index in [4.69, 9.17) is 39.5 Å². The average Bonchev–Trinajstić information content (AvgIpc) is 2.34. The summed E-state index contributed by atoms with van der Waals surface area (Å²) in [5.41, 5.74) is 0. The molecule has 0 spiro atoms. The molecule has 0 amide bonds. The maximum Gasteiger partial charge on any atom is 0.188 e. The monoisotopic (exact) mass is 320 g/mol. The summed E-state index contributed by atoms with van der Waals surface area (Å²) in [5, 5.41) is 2.03. The van der Waals surface area contributed by atoms with E-state index in [1.54, 1.807) is 18.2 Å². The van der Waals surface area contributed by atoms with Gasteiger partial charge in [-0.05, 0) is 18.2 Å². The average molecular weight is 322 g/mol. The SMILES string of the molecule is COc1c(Cl)ncnc1Sc1cc(Cl)ccc1Cl. The minimum Gasteiger partial charge on any atom is -0.491 e. The minimum absolute atomic E-state index is 0.258. The normalized spacial score (nSPS) is 10.4. The van der Waals surface area contributed by atoms with Gasteiger partial charge in [-0.15, -0.1) is 0 Å². The molecule has 1 aromatic heterocycles. The van der Waals surface area contributed by atoms with Gasteiger partial charge in [0.05, 0.1) is 12.1 Å². The van der Waals surface area contributed by atoms with Gasteiger partial charge in [0, 0.05) is 9.92 Å². The van der Waals surface area contributed by atoms with Gasteiger partial charge in [-0.3, -0.25) is 0 Å². The summed E-state index contributed by atoms with van der Waals surface area (Å²) >= 11 is 19.2. The van der Waals surface area contributed by atoms with Crippen molar-refractivity contribution in [2.45, 2.75) is 9.92 Å². The lowest BCUT2D eigenvalue weighted by Gasteiger charge is -2.08. The number of halogens is 3. The lowest BCUT2D eigenvalue weighted by molar-refractivity contribution is 0.398. The van der Waals surface area contributed by atoms with E-state index in [1.807, 2.05) is 0 Å². The minimum atomic E-state index is 0.258. The van der Waals surface area contributed by atoms with Gasteiger partial charge in [-0.25, -0.2) is 9.97 Å². The van der Waals surface area contributed by atoms with E-state index in [1.165, 1.54) is 25.2 Å². The molecule has 1 heterocycles. The molecular weight excluding hydrogens is 315 g/mol. The predicted molar refractivity (Wildman–Crippen MR) is 74.2 cm³/mol. The van der Waals surface area contributed by atoms with Crippen molar-refractivity contribution in [3.63, 3.8) is 0 Å². The number of benzene rings is 1. The first-order valence-electron chi connectivity index (χ1n) is 4.79. The highest BCUT2D eigenvalue weighted by atomic mass is 35.5. The molecule has 0 aliphatic carbocycles. The van der Waals surface area contributed by atoms with Gasteiger partial charge in [-0.1, -0.05) is 46.6 Å². The Hall–Kier alpha value is -0.680. The third-order valence-electron chi connectivity index (χ3n) is 2.03. The number of aromatic nitrogens is 2. The number of methoxy groups -OCH3 is 1. The van der Waals surface area contributed by atoms with Crippen LogP contribution in [0.1, 0.15) is 0 Å². The highest BCUT2D eigenvalue weighted by molar-refractivity contribution is 7.99. The molecule has 18 heavy (non-hydrogen) atoms. The molecule has 0 bridgehead atoms. The third kappa shape index (κ3) is 3.01. The quantitative estimate of drug-likeness (QED) is 0.774. The summed E-state index contributed by atoms with van der Waals surface area (Å²) in [5.74, 6) is 0.417. The number of nitrogens with zero attached hydrogens (tertiary/aromatic N) is 2. The molecule has 2 rings (SSSR count). The Labute approximate surface area is 123 Å². The summed E-state index contributed by atoms with van der Waals surface area (Å²) in [6.45, 7) is 0. The van der Waals surface area contributed by atoms with Crippen molar-refractivity contribution in [2.75, 3.05) is 7.11 Å². The van der Waals surface area contributed by atoms with Crippen LogP contribution >= 0.6 is 46.6 Å². The highest BCUT2D eigenvalue weighted by Crippen LogP contribution is 2.39. The Morgan fingerprint density at radius 2 is 1.94 bits per heavy atom. The standard InChI is InChI=1S/C11H7Cl3N2OS/c1-17-9-10(14)15-5-16-11(9)18-8-4-6(12)2-3-7(8)13/h2-5H,1H3. The van der Waals surface area contributed by atoms with E-state index in [2.05, 4.69) is 9.97 Å². The fourth-order valence-electron chi connectivity index (χ4n) is 1.24. The zero-order chi connectivity index (χ0) is 13.1. The van der Waals surface area contributed by atoms with Crippen LogP contribution in [-0.4, -0.2) is 17.1 Å². The van der Waals surface area contributed by atoms with E-state index < -0.39 is 0 Å². The number of ether oxygens (including phenoxy) is 1. The molecule has 94 valence electrons. The summed E-state index contributed by atoms with van der Waals surface area (Å²) in [7, 11) is 1.51. The number of hydrogen-bond acceptors (Lipinski definition) is 4. The molecule has 3 nitrogen and oxygen atoms in total. The second kappa shape index (κ2) is 5.97. The zero-order valence-electron chi connectivity index (χ0n) is 9.15. The van der Waals surface area contributed by atoms with E-state index in [0.717, 1.165) is 4.90 Å². The third-order valence-corrected chi connectivity index (χ3v) is 4.02. The maximum absolute atomic E-state index is 6.08. The topological polar surface area (TPSA) is 35.0 Å². The molecule has 0 aliphatic heterocycles. The first-order chi connectivity index (χ1) is 8.61. The fraction of sp³-hybridized carbons (Fsp3) is 0.0909. The molecule has 0 saturated heterocycles. The lowest BCUT2D eigenvalue weighted by Crippen LogP contribution is -1.93. The Bertz CT molecular complexity index is 580. The number of hydrogen-bond donors (Lipinski definition) is 0. The Kier molecular flexibility index (Phi) is 4.56. The molecule has 0 radical (unpaired) electrons. The van der Waals surface area contributed by atoms with Crippen LogP contribution in [-0.2, 0) is 0 Å². The summed E-state index contributed by atoms with van der Waals surface area (Å²) in [4.78, 5) is 8.74. The Morgan fingerprint density at radius 3 is 2.67 bits per heavy atom. The van der Waals surface area contributed by atoms with E-state index in [9.17, 15) is 0 Å². The molecule has 1 aromatic carbocycles. The van der Waals surface area contributed by atoms with Crippen molar-refractivity contribution in [1.82, 2.24) is 9.97 Å². The molecule has 0 atom stereocenters. The maximum atomic E-state index is 6.08. The highest BCUT2D eigenvalue weighted by Gasteiger charge is 2.13. The molecule has 7 heteroatoms. The van der Waals surface area contributed by atoms with E-state index in [-0.39, 0.29) is 5.15 Å². The summed E-state index contributed by atoms with van der Waals surface area (Å²) in [6.07, 6.45) is 1.37. The molecular formula is C11H7Cl3N2OS. The van der Waals surface area contributed by atoms with Gasteiger partial charge < -0.3 is 4.74 Å². The van der Waals surface area contributed by atoms with Crippen LogP contribution in [0.25, 0.3) is 0 Å². The van der Waals surface area contributed by atoms with E-state index in [0.29, 0.717) is 20.8 Å². The Balaban J connectivity index is 2.40. The fourth-order valence-corrected chi connectivity index (χ4v) is 2.91. The van der Waals surface area contributed by atoms with Crippen molar-refractivity contribution in [3.8, 4) is 5.75 Å². The van der Waals surface area contributed by atoms with E-state index >= 15 is 0 Å². The van der Waals surface area contributed by atoms with Crippen LogP contribution in [0.2, 0.25) is 15.2 Å². The molecule has 0 N–H and O–H groups in total. The smallest absolute Gasteiger partial charge is 0.188 e. The molecule has 2 aromatic rings. The van der Waals surface area contributed by atoms with Crippen LogP contribution in [0.4, 0.5) is 0 Å². The van der Waals surface area contributed by atoms with Gasteiger partial charge in [-0.2, -0.15) is 0 Å². The summed E-state index contributed by atoms with van der Waals surface area (Å²) in [6, 6.07) is 5.20.